The Hall–Kier alpha value is -4.91. The number of benzene rings is 4. The lowest BCUT2D eigenvalue weighted by atomic mass is 9.83. The Morgan fingerprint density at radius 1 is 1.00 bits per heavy atom. The van der Waals surface area contributed by atoms with Crippen molar-refractivity contribution in [2.24, 2.45) is 5.73 Å². The number of nitrogens with zero attached hydrogens (tertiary/aromatic N) is 1. The van der Waals surface area contributed by atoms with Gasteiger partial charge in [-0.1, -0.05) is 54.4 Å². The number of allylic oxidation sites excluding steroid dienone is 1. The van der Waals surface area contributed by atoms with E-state index in [2.05, 4.69) is 6.07 Å². The maximum absolute atomic E-state index is 13.3. The predicted molar refractivity (Wildman–Crippen MR) is 167 cm³/mol. The van der Waals surface area contributed by atoms with Crippen molar-refractivity contribution < 1.29 is 32.9 Å². The number of rotatable bonds is 10. The third kappa shape index (κ3) is 6.93. The van der Waals surface area contributed by atoms with Gasteiger partial charge in [-0.25, -0.2) is 9.18 Å². The molecule has 1 unspecified atom stereocenters. The molecule has 1 aliphatic rings. The second kappa shape index (κ2) is 13.8. The molecule has 0 bridgehead atoms. The van der Waals surface area contributed by atoms with Crippen molar-refractivity contribution >= 4 is 29.2 Å². The topological polar surface area (TPSA) is 113 Å². The van der Waals surface area contributed by atoms with Crippen LogP contribution in [0.4, 0.5) is 4.39 Å². The van der Waals surface area contributed by atoms with Crippen molar-refractivity contribution in [3.63, 3.8) is 0 Å². The first kappa shape index (κ1) is 31.5. The zero-order valence-electron chi connectivity index (χ0n) is 24.2. The van der Waals surface area contributed by atoms with Gasteiger partial charge in [0.1, 0.15) is 35.6 Å². The fourth-order valence-electron chi connectivity index (χ4n) is 4.75. The van der Waals surface area contributed by atoms with E-state index in [4.69, 9.17) is 52.6 Å². The van der Waals surface area contributed by atoms with Gasteiger partial charge in [-0.05, 0) is 60.0 Å². The van der Waals surface area contributed by atoms with Crippen LogP contribution < -0.4 is 29.4 Å². The smallest absolute Gasteiger partial charge is 0.343 e. The van der Waals surface area contributed by atoms with Crippen molar-refractivity contribution in [3.8, 4) is 34.8 Å². The van der Waals surface area contributed by atoms with Gasteiger partial charge >= 0.3 is 5.97 Å². The third-order valence-corrected chi connectivity index (χ3v) is 7.48. The molecular weight excluding hydrogens is 622 g/mol. The molecule has 1 atom stereocenters. The Kier molecular flexibility index (Phi) is 9.67. The first-order valence-electron chi connectivity index (χ1n) is 13.8. The molecule has 1 aliphatic heterocycles. The minimum atomic E-state index is -0.699. The summed E-state index contributed by atoms with van der Waals surface area (Å²) >= 11 is 12.6. The quantitative estimate of drug-likeness (QED) is 0.136. The lowest BCUT2D eigenvalue weighted by molar-refractivity contribution is 0.0734. The molecule has 11 heteroatoms. The van der Waals surface area contributed by atoms with Crippen molar-refractivity contribution in [2.75, 3.05) is 13.7 Å². The van der Waals surface area contributed by atoms with Crippen LogP contribution in [0.2, 0.25) is 10.0 Å². The predicted octanol–water partition coefficient (Wildman–Crippen LogP) is 7.95. The average molecular weight is 650 g/mol. The van der Waals surface area contributed by atoms with Crippen molar-refractivity contribution in [1.82, 2.24) is 0 Å². The van der Waals surface area contributed by atoms with Crippen molar-refractivity contribution in [3.05, 3.63) is 122 Å². The van der Waals surface area contributed by atoms with Crippen LogP contribution in [0.15, 0.2) is 84.3 Å². The van der Waals surface area contributed by atoms with Gasteiger partial charge in [0.15, 0.2) is 17.2 Å². The number of carbonyl (C=O) groups is 1. The molecule has 1 heterocycles. The number of methoxy groups -OCH3 is 1. The second-order valence-electron chi connectivity index (χ2n) is 9.96. The fraction of sp³-hybridized carbons (Fsp3) is 0.176. The lowest BCUT2D eigenvalue weighted by Crippen LogP contribution is -2.21. The van der Waals surface area contributed by atoms with Gasteiger partial charge in [0.2, 0.25) is 5.88 Å². The zero-order valence-corrected chi connectivity index (χ0v) is 25.7. The highest BCUT2D eigenvalue weighted by molar-refractivity contribution is 6.37. The second-order valence-corrected chi connectivity index (χ2v) is 10.8. The highest BCUT2D eigenvalue weighted by Gasteiger charge is 2.32. The number of hydrogen-bond donors (Lipinski definition) is 1. The summed E-state index contributed by atoms with van der Waals surface area (Å²) < 4.78 is 41.7. The molecule has 8 nitrogen and oxygen atoms in total. The Morgan fingerprint density at radius 3 is 2.40 bits per heavy atom. The van der Waals surface area contributed by atoms with Crippen LogP contribution in [-0.4, -0.2) is 19.7 Å². The molecule has 230 valence electrons. The van der Waals surface area contributed by atoms with E-state index in [1.54, 1.807) is 42.5 Å². The zero-order chi connectivity index (χ0) is 32.1. The minimum absolute atomic E-state index is 0.0877. The van der Waals surface area contributed by atoms with Crippen LogP contribution in [0.5, 0.6) is 28.7 Å². The molecule has 4 aromatic carbocycles. The van der Waals surface area contributed by atoms with Crippen LogP contribution in [0.1, 0.15) is 46.3 Å². The Bertz CT molecular complexity index is 1800. The SMILES string of the molecule is CCCOc1c(Cl)cc(C(=O)Oc2ccc3c(c2)OC(N)=C(C#N)C3c2ccc(OCc3ccc(F)cc3)c(OC)c2)cc1Cl. The Morgan fingerprint density at radius 2 is 1.73 bits per heavy atom. The van der Waals surface area contributed by atoms with E-state index in [1.807, 2.05) is 6.92 Å². The van der Waals surface area contributed by atoms with Gasteiger partial charge in [-0.2, -0.15) is 5.26 Å². The Labute approximate surface area is 269 Å². The van der Waals surface area contributed by atoms with E-state index in [9.17, 15) is 14.4 Å². The highest BCUT2D eigenvalue weighted by atomic mass is 35.5. The summed E-state index contributed by atoms with van der Waals surface area (Å²) in [5.74, 6) is -0.0790. The standard InChI is InChI=1S/C34H27Cl2FN2O6/c1-3-12-42-32-26(35)13-21(14-27(32)36)34(40)44-23-9-10-24-29(16-23)45-33(39)25(17-38)31(24)20-6-11-28(30(15-20)41-2)43-18-19-4-7-22(37)8-5-19/h4-11,13-16,31H,3,12,18,39H2,1-2H3. The van der Waals surface area contributed by atoms with E-state index >= 15 is 0 Å². The molecule has 0 radical (unpaired) electrons. The van der Waals surface area contributed by atoms with Gasteiger partial charge < -0.3 is 29.4 Å². The summed E-state index contributed by atoms with van der Waals surface area (Å²) in [6.07, 6.45) is 0.763. The summed E-state index contributed by atoms with van der Waals surface area (Å²) in [7, 11) is 1.50. The molecule has 0 saturated carbocycles. The molecule has 0 fully saturated rings. The van der Waals surface area contributed by atoms with Gasteiger partial charge in [0.25, 0.3) is 0 Å². The summed E-state index contributed by atoms with van der Waals surface area (Å²) in [5.41, 5.74) is 8.59. The number of hydrogen-bond acceptors (Lipinski definition) is 8. The number of nitriles is 1. The fourth-order valence-corrected chi connectivity index (χ4v) is 5.35. The van der Waals surface area contributed by atoms with Gasteiger partial charge in [-0.15, -0.1) is 0 Å². The molecule has 0 aliphatic carbocycles. The van der Waals surface area contributed by atoms with Crippen LogP contribution in [0.3, 0.4) is 0 Å². The van der Waals surface area contributed by atoms with E-state index in [1.165, 1.54) is 37.4 Å². The number of nitrogens with two attached hydrogens (primary N) is 1. The molecule has 4 aromatic rings. The van der Waals surface area contributed by atoms with Crippen molar-refractivity contribution in [1.29, 1.82) is 5.26 Å². The number of ether oxygens (including phenoxy) is 5. The Balaban J connectivity index is 1.40. The number of esters is 1. The maximum atomic E-state index is 13.3. The number of halogens is 3. The van der Waals surface area contributed by atoms with Crippen molar-refractivity contribution in [2.45, 2.75) is 25.9 Å². The molecule has 45 heavy (non-hydrogen) atoms. The van der Waals surface area contributed by atoms with Gasteiger partial charge in [0, 0.05) is 11.6 Å². The van der Waals surface area contributed by atoms with Gasteiger partial charge in [0.05, 0.1) is 35.2 Å². The molecular formula is C34H27Cl2FN2O6. The molecule has 2 N–H and O–H groups in total. The van der Waals surface area contributed by atoms with Crippen LogP contribution in [0, 0.1) is 17.1 Å². The number of fused-ring (bicyclic) bond motifs is 1. The largest absolute Gasteiger partial charge is 0.493 e. The van der Waals surface area contributed by atoms with E-state index in [-0.39, 0.29) is 45.2 Å². The maximum Gasteiger partial charge on any atom is 0.343 e. The van der Waals surface area contributed by atoms with E-state index < -0.39 is 11.9 Å². The normalized spacial score (nSPS) is 13.7. The molecule has 0 aromatic heterocycles. The average Bonchev–Trinajstić information content (AvgIpc) is 3.03. The van der Waals surface area contributed by atoms with Crippen LogP contribution in [0.25, 0.3) is 0 Å². The third-order valence-electron chi connectivity index (χ3n) is 6.91. The molecule has 5 rings (SSSR count). The minimum Gasteiger partial charge on any atom is -0.493 e. The summed E-state index contributed by atoms with van der Waals surface area (Å²) in [4.78, 5) is 13.0. The highest BCUT2D eigenvalue weighted by Crippen LogP contribution is 2.45. The van der Waals surface area contributed by atoms with E-state index in [0.717, 1.165) is 12.0 Å². The summed E-state index contributed by atoms with van der Waals surface area (Å²) in [6, 6.07) is 21.1. The van der Waals surface area contributed by atoms with Gasteiger partial charge in [-0.3, -0.25) is 0 Å². The number of carbonyl (C=O) groups excluding carboxylic acids is 1. The first-order chi connectivity index (χ1) is 21.7. The first-order valence-corrected chi connectivity index (χ1v) is 14.6. The van der Waals surface area contributed by atoms with Crippen LogP contribution in [-0.2, 0) is 6.61 Å². The van der Waals surface area contributed by atoms with Crippen LogP contribution >= 0.6 is 23.2 Å². The molecule has 0 amide bonds. The summed E-state index contributed by atoms with van der Waals surface area (Å²) in [5, 5.41) is 10.4. The monoisotopic (exact) mass is 648 g/mol. The molecule has 0 spiro atoms. The van der Waals surface area contributed by atoms with E-state index in [0.29, 0.717) is 40.7 Å². The lowest BCUT2D eigenvalue weighted by Gasteiger charge is -2.27. The summed E-state index contributed by atoms with van der Waals surface area (Å²) in [6.45, 7) is 2.57. The molecule has 0 saturated heterocycles.